The molecule has 0 atom stereocenters. The second-order valence-corrected chi connectivity index (χ2v) is 8.15. The molecule has 1 aliphatic heterocycles. The van der Waals surface area contributed by atoms with Gasteiger partial charge in [-0.2, -0.15) is 0 Å². The van der Waals surface area contributed by atoms with Crippen LogP contribution >= 0.6 is 36.4 Å². The second kappa shape index (κ2) is 9.50. The minimum absolute atomic E-state index is 0. The quantitative estimate of drug-likeness (QED) is 0.586. The van der Waals surface area contributed by atoms with Crippen molar-refractivity contribution >= 4 is 53.1 Å². The van der Waals surface area contributed by atoms with E-state index in [-0.39, 0.29) is 30.4 Å². The van der Waals surface area contributed by atoms with Gasteiger partial charge in [0.25, 0.3) is 0 Å². The fraction of sp³-hybridized carbons (Fsp3) is 0.318. The van der Waals surface area contributed by atoms with Gasteiger partial charge in [-0.25, -0.2) is 4.98 Å². The van der Waals surface area contributed by atoms with Crippen LogP contribution < -0.4 is 16.0 Å². The number of hydrogen-bond acceptors (Lipinski definition) is 4. The average Bonchev–Trinajstić information content (AvgIpc) is 2.67. The van der Waals surface area contributed by atoms with Gasteiger partial charge in [-0.05, 0) is 54.8 Å². The van der Waals surface area contributed by atoms with E-state index in [4.69, 9.17) is 22.3 Å². The standard InChI is InChI=1S/C22H25ClN4.2ClH/c1-22(2,24)18-5-3-4-15(13-18)16-6-7-20-17(12-16)14-19(23)21(26-20)27-10-8-25-9-11-27;;/h3-7,12-14,25H,8-11,24H2,1-2H3;2*1H. The number of nitrogens with zero attached hydrogens (tertiary/aromatic N) is 2. The highest BCUT2D eigenvalue weighted by Gasteiger charge is 2.17. The fourth-order valence-electron chi connectivity index (χ4n) is 3.52. The van der Waals surface area contributed by atoms with Gasteiger partial charge in [0, 0.05) is 37.1 Å². The summed E-state index contributed by atoms with van der Waals surface area (Å²) in [5.74, 6) is 0.880. The molecule has 3 aromatic rings. The molecule has 2 aromatic carbocycles. The molecule has 0 spiro atoms. The number of nitrogens with one attached hydrogen (secondary N) is 1. The molecule has 0 unspecified atom stereocenters. The van der Waals surface area contributed by atoms with Gasteiger partial charge in [0.05, 0.1) is 10.5 Å². The van der Waals surface area contributed by atoms with Crippen LogP contribution in [0.15, 0.2) is 48.5 Å². The molecular weight excluding hydrogens is 427 g/mol. The summed E-state index contributed by atoms with van der Waals surface area (Å²) >= 11 is 6.58. The second-order valence-electron chi connectivity index (χ2n) is 7.74. The predicted octanol–water partition coefficient (Wildman–Crippen LogP) is 5.00. The smallest absolute Gasteiger partial charge is 0.148 e. The summed E-state index contributed by atoms with van der Waals surface area (Å²) in [6.07, 6.45) is 0. The van der Waals surface area contributed by atoms with Crippen LogP contribution in [0.5, 0.6) is 0 Å². The third kappa shape index (κ3) is 5.14. The highest BCUT2D eigenvalue weighted by atomic mass is 35.5. The van der Waals surface area contributed by atoms with Crippen LogP contribution in [-0.2, 0) is 5.54 Å². The summed E-state index contributed by atoms with van der Waals surface area (Å²) in [4.78, 5) is 7.09. The monoisotopic (exact) mass is 452 g/mol. The maximum Gasteiger partial charge on any atom is 0.148 e. The van der Waals surface area contributed by atoms with Gasteiger partial charge in [0.1, 0.15) is 5.82 Å². The summed E-state index contributed by atoms with van der Waals surface area (Å²) in [5, 5.41) is 5.12. The van der Waals surface area contributed by atoms with Crippen molar-refractivity contribution in [2.24, 2.45) is 5.73 Å². The summed E-state index contributed by atoms with van der Waals surface area (Å²) in [6, 6.07) is 16.8. The Kier molecular flexibility index (Phi) is 7.77. The van der Waals surface area contributed by atoms with E-state index in [0.29, 0.717) is 5.02 Å². The van der Waals surface area contributed by atoms with Crippen LogP contribution in [0.1, 0.15) is 19.4 Å². The number of fused-ring (bicyclic) bond motifs is 1. The van der Waals surface area contributed by atoms with Crippen molar-refractivity contribution in [3.05, 3.63) is 59.1 Å². The Morgan fingerprint density at radius 1 is 1.00 bits per heavy atom. The van der Waals surface area contributed by atoms with Gasteiger partial charge in [0.2, 0.25) is 0 Å². The maximum absolute atomic E-state index is 6.58. The van der Waals surface area contributed by atoms with Crippen molar-refractivity contribution in [1.82, 2.24) is 10.3 Å². The zero-order valence-electron chi connectivity index (χ0n) is 16.6. The number of hydrogen-bond donors (Lipinski definition) is 2. The lowest BCUT2D eigenvalue weighted by atomic mass is 9.92. The molecule has 1 aromatic heterocycles. The highest BCUT2D eigenvalue weighted by Crippen LogP contribution is 2.32. The Balaban J connectivity index is 0.00000150. The maximum atomic E-state index is 6.58. The molecule has 0 saturated carbocycles. The lowest BCUT2D eigenvalue weighted by Gasteiger charge is -2.29. The number of piperazine rings is 1. The van der Waals surface area contributed by atoms with Crippen molar-refractivity contribution in [3.8, 4) is 11.1 Å². The molecule has 1 fully saturated rings. The highest BCUT2D eigenvalue weighted by molar-refractivity contribution is 6.33. The first-order chi connectivity index (χ1) is 12.9. The van der Waals surface area contributed by atoms with Gasteiger partial charge in [-0.3, -0.25) is 0 Å². The molecule has 29 heavy (non-hydrogen) atoms. The molecule has 156 valence electrons. The van der Waals surface area contributed by atoms with E-state index in [1.54, 1.807) is 0 Å². The van der Waals surface area contributed by atoms with E-state index < -0.39 is 0 Å². The van der Waals surface area contributed by atoms with Crippen molar-refractivity contribution in [2.45, 2.75) is 19.4 Å². The number of rotatable bonds is 3. The van der Waals surface area contributed by atoms with Gasteiger partial charge in [-0.1, -0.05) is 35.9 Å². The van der Waals surface area contributed by atoms with Crippen LogP contribution in [0.4, 0.5) is 5.82 Å². The van der Waals surface area contributed by atoms with E-state index >= 15 is 0 Å². The summed E-state index contributed by atoms with van der Waals surface area (Å²) in [6.45, 7) is 7.82. The first-order valence-electron chi connectivity index (χ1n) is 9.37. The molecule has 1 aliphatic rings. The fourth-order valence-corrected chi connectivity index (χ4v) is 3.80. The largest absolute Gasteiger partial charge is 0.353 e. The molecule has 0 radical (unpaired) electrons. The molecule has 2 heterocycles. The Labute approximate surface area is 189 Å². The molecule has 0 aliphatic carbocycles. The van der Waals surface area contributed by atoms with Crippen LogP contribution in [0.3, 0.4) is 0 Å². The lowest BCUT2D eigenvalue weighted by molar-refractivity contribution is 0.554. The van der Waals surface area contributed by atoms with E-state index in [0.717, 1.165) is 59.6 Å². The molecule has 0 amide bonds. The number of anilines is 1. The van der Waals surface area contributed by atoms with Crippen molar-refractivity contribution in [2.75, 3.05) is 31.1 Å². The minimum Gasteiger partial charge on any atom is -0.353 e. The molecule has 7 heteroatoms. The van der Waals surface area contributed by atoms with Crippen LogP contribution in [0, 0.1) is 0 Å². The van der Waals surface area contributed by atoms with E-state index in [9.17, 15) is 0 Å². The van der Waals surface area contributed by atoms with Gasteiger partial charge in [0.15, 0.2) is 0 Å². The van der Waals surface area contributed by atoms with Crippen LogP contribution in [-0.4, -0.2) is 31.2 Å². The van der Waals surface area contributed by atoms with Crippen molar-refractivity contribution in [1.29, 1.82) is 0 Å². The van der Waals surface area contributed by atoms with E-state index in [2.05, 4.69) is 52.7 Å². The average molecular weight is 454 g/mol. The Morgan fingerprint density at radius 2 is 1.69 bits per heavy atom. The molecular formula is C22H27Cl3N4. The SMILES string of the molecule is CC(C)(N)c1cccc(-c2ccc3nc(N4CCNCC4)c(Cl)cc3c2)c1.Cl.Cl. The summed E-state index contributed by atoms with van der Waals surface area (Å²) in [5.41, 5.74) is 10.3. The van der Waals surface area contributed by atoms with Crippen LogP contribution in [0.2, 0.25) is 5.02 Å². The molecule has 1 saturated heterocycles. The van der Waals surface area contributed by atoms with E-state index in [1.165, 1.54) is 0 Å². The normalized spacial score (nSPS) is 14.3. The first-order valence-corrected chi connectivity index (χ1v) is 9.75. The Hall–Kier alpha value is -1.56. The Morgan fingerprint density at radius 3 is 2.38 bits per heavy atom. The zero-order chi connectivity index (χ0) is 19.0. The number of benzene rings is 2. The third-order valence-electron chi connectivity index (χ3n) is 5.11. The number of halogens is 3. The molecule has 0 bridgehead atoms. The summed E-state index contributed by atoms with van der Waals surface area (Å²) < 4.78 is 0. The first kappa shape index (κ1) is 23.7. The molecule has 3 N–H and O–H groups in total. The van der Waals surface area contributed by atoms with Gasteiger partial charge < -0.3 is 16.0 Å². The van der Waals surface area contributed by atoms with Gasteiger partial charge >= 0.3 is 0 Å². The van der Waals surface area contributed by atoms with E-state index in [1.807, 2.05) is 19.9 Å². The predicted molar refractivity (Wildman–Crippen MR) is 129 cm³/mol. The lowest BCUT2D eigenvalue weighted by Crippen LogP contribution is -2.44. The minimum atomic E-state index is -0.365. The van der Waals surface area contributed by atoms with Crippen molar-refractivity contribution in [3.63, 3.8) is 0 Å². The van der Waals surface area contributed by atoms with Crippen molar-refractivity contribution < 1.29 is 0 Å². The molecule has 4 nitrogen and oxygen atoms in total. The molecule has 4 rings (SSSR count). The topological polar surface area (TPSA) is 54.2 Å². The Bertz CT molecular complexity index is 979. The number of aromatic nitrogens is 1. The van der Waals surface area contributed by atoms with Gasteiger partial charge in [-0.15, -0.1) is 24.8 Å². The third-order valence-corrected chi connectivity index (χ3v) is 5.38. The van der Waals surface area contributed by atoms with Crippen LogP contribution in [0.25, 0.3) is 22.0 Å². The number of nitrogens with two attached hydrogens (primary N) is 1. The zero-order valence-corrected chi connectivity index (χ0v) is 19.0. The summed E-state index contributed by atoms with van der Waals surface area (Å²) in [7, 11) is 0. The number of pyridine rings is 1.